The molecule has 5 aromatic rings. The molecule has 222 valence electrons. The molecule has 1 saturated heterocycles. The van der Waals surface area contributed by atoms with Crippen molar-refractivity contribution in [1.29, 1.82) is 0 Å². The largest absolute Gasteiger partial charge is 0.350 e. The normalized spacial score (nSPS) is 17.0. The first-order valence-corrected chi connectivity index (χ1v) is 15.6. The molecule has 0 aromatic heterocycles. The number of nitrogens with zero attached hydrogens (tertiary/aromatic N) is 1. The van der Waals surface area contributed by atoms with Gasteiger partial charge < -0.3 is 15.5 Å². The van der Waals surface area contributed by atoms with Gasteiger partial charge in [0.2, 0.25) is 5.91 Å². The molecule has 1 aliphatic heterocycles. The zero-order chi connectivity index (χ0) is 30.1. The van der Waals surface area contributed by atoms with Crippen LogP contribution in [0, 0.1) is 0 Å². The van der Waals surface area contributed by atoms with Gasteiger partial charge in [0, 0.05) is 37.2 Å². The topological polar surface area (TPSA) is 61.4 Å². The number of rotatable bonds is 10. The molecule has 1 aliphatic rings. The van der Waals surface area contributed by atoms with Crippen molar-refractivity contribution in [2.45, 2.75) is 37.3 Å². The molecule has 5 aromatic carbocycles. The lowest BCUT2D eigenvalue weighted by molar-refractivity contribution is -0.133. The Morgan fingerprint density at radius 2 is 1.39 bits per heavy atom. The summed E-state index contributed by atoms with van der Waals surface area (Å²) < 4.78 is 0. The first-order valence-electron chi connectivity index (χ1n) is 15.6. The van der Waals surface area contributed by atoms with Crippen LogP contribution in [0.3, 0.4) is 0 Å². The van der Waals surface area contributed by atoms with Gasteiger partial charge in [-0.1, -0.05) is 121 Å². The fourth-order valence-corrected chi connectivity index (χ4v) is 6.23. The molecule has 0 spiro atoms. The summed E-state index contributed by atoms with van der Waals surface area (Å²) in [5.41, 5.74) is 4.25. The quantitative estimate of drug-likeness (QED) is 0.196. The molecule has 5 nitrogen and oxygen atoms in total. The van der Waals surface area contributed by atoms with Gasteiger partial charge in [-0.15, -0.1) is 0 Å². The number of carbonyl (C=O) groups is 2. The predicted octanol–water partition coefficient (Wildman–Crippen LogP) is 6.59. The third-order valence-electron chi connectivity index (χ3n) is 8.69. The summed E-state index contributed by atoms with van der Waals surface area (Å²) in [6, 6.07) is 44.7. The Labute approximate surface area is 259 Å². The molecule has 0 aliphatic carbocycles. The highest BCUT2D eigenvalue weighted by Gasteiger charge is 2.32. The average molecular weight is 582 g/mol. The lowest BCUT2D eigenvalue weighted by atomic mass is 9.90. The molecule has 5 heteroatoms. The van der Waals surface area contributed by atoms with E-state index in [1.54, 1.807) is 0 Å². The summed E-state index contributed by atoms with van der Waals surface area (Å²) in [4.78, 5) is 29.4. The van der Waals surface area contributed by atoms with Gasteiger partial charge in [0.05, 0.1) is 6.04 Å². The molecule has 6 rings (SSSR count). The summed E-state index contributed by atoms with van der Waals surface area (Å²) >= 11 is 0. The molecule has 0 bridgehead atoms. The van der Waals surface area contributed by atoms with E-state index in [1.807, 2.05) is 77.7 Å². The van der Waals surface area contributed by atoms with Gasteiger partial charge >= 0.3 is 0 Å². The van der Waals surface area contributed by atoms with Crippen LogP contribution in [-0.2, 0) is 11.2 Å². The number of fused-ring (bicyclic) bond motifs is 1. The number of aryl methyl sites for hydroxylation is 1. The number of carbonyl (C=O) groups excluding carboxylic acids is 2. The van der Waals surface area contributed by atoms with E-state index >= 15 is 0 Å². The van der Waals surface area contributed by atoms with E-state index in [2.05, 4.69) is 71.3 Å². The zero-order valence-corrected chi connectivity index (χ0v) is 24.9. The van der Waals surface area contributed by atoms with Crippen molar-refractivity contribution in [2.24, 2.45) is 0 Å². The van der Waals surface area contributed by atoms with Gasteiger partial charge in [-0.2, -0.15) is 0 Å². The van der Waals surface area contributed by atoms with Gasteiger partial charge in [-0.25, -0.2) is 0 Å². The molecule has 0 radical (unpaired) electrons. The van der Waals surface area contributed by atoms with Gasteiger partial charge in [0.1, 0.15) is 0 Å². The van der Waals surface area contributed by atoms with Gasteiger partial charge in [-0.05, 0) is 58.9 Å². The number of nitrogens with one attached hydrogen (secondary N) is 2. The third-order valence-corrected chi connectivity index (χ3v) is 8.69. The summed E-state index contributed by atoms with van der Waals surface area (Å²) in [5.74, 6) is 0.0977. The van der Waals surface area contributed by atoms with Crippen LogP contribution in [0.15, 0.2) is 133 Å². The van der Waals surface area contributed by atoms with Crippen molar-refractivity contribution in [1.82, 2.24) is 15.5 Å². The van der Waals surface area contributed by atoms with Crippen LogP contribution < -0.4 is 10.6 Å². The van der Waals surface area contributed by atoms with Gasteiger partial charge in [0.15, 0.2) is 0 Å². The lowest BCUT2D eigenvalue weighted by Crippen LogP contribution is -2.49. The average Bonchev–Trinajstić information content (AvgIpc) is 3.23. The molecule has 2 unspecified atom stereocenters. The highest BCUT2D eigenvalue weighted by Crippen LogP contribution is 2.27. The summed E-state index contributed by atoms with van der Waals surface area (Å²) in [5, 5.41) is 8.95. The standard InChI is InChI=1S/C39H39N3O2/c43-38(34-22-21-30-14-10-11-19-33(30)26-34)40-27-35-24-25-42(39(44)37(41-35)23-20-29-12-4-1-5-13-29)28-36(31-15-6-2-7-16-31)32-17-8-3-9-18-32/h1-19,21-22,26,35-37,41H,20,23-25,27-28H2,(H,40,43). The smallest absolute Gasteiger partial charge is 0.251 e. The Kier molecular flexibility index (Phi) is 9.44. The van der Waals surface area contributed by atoms with Crippen molar-refractivity contribution in [3.63, 3.8) is 0 Å². The van der Waals surface area contributed by atoms with E-state index < -0.39 is 0 Å². The molecule has 2 atom stereocenters. The second kappa shape index (κ2) is 14.2. The first-order chi connectivity index (χ1) is 21.6. The van der Waals surface area contributed by atoms with Crippen LogP contribution in [-0.4, -0.2) is 48.4 Å². The second-order valence-electron chi connectivity index (χ2n) is 11.7. The van der Waals surface area contributed by atoms with E-state index in [1.165, 1.54) is 16.7 Å². The zero-order valence-electron chi connectivity index (χ0n) is 24.9. The Morgan fingerprint density at radius 3 is 2.07 bits per heavy atom. The van der Waals surface area contributed by atoms with E-state index in [-0.39, 0.29) is 29.8 Å². The highest BCUT2D eigenvalue weighted by molar-refractivity contribution is 5.98. The Bertz CT molecular complexity index is 1630. The maximum absolute atomic E-state index is 14.2. The van der Waals surface area contributed by atoms with Crippen LogP contribution in [0.1, 0.15) is 45.8 Å². The lowest BCUT2D eigenvalue weighted by Gasteiger charge is -2.29. The molecule has 44 heavy (non-hydrogen) atoms. The monoisotopic (exact) mass is 581 g/mol. The fraction of sp³-hybridized carbons (Fsp3) is 0.231. The van der Waals surface area contributed by atoms with Crippen molar-refractivity contribution in [3.05, 3.63) is 156 Å². The number of hydrogen-bond acceptors (Lipinski definition) is 3. The molecule has 1 heterocycles. The van der Waals surface area contributed by atoms with E-state index in [9.17, 15) is 9.59 Å². The number of hydrogen-bond donors (Lipinski definition) is 2. The molecular formula is C39H39N3O2. The van der Waals surface area contributed by atoms with Crippen LogP contribution in [0.4, 0.5) is 0 Å². The Morgan fingerprint density at radius 1 is 0.773 bits per heavy atom. The third kappa shape index (κ3) is 7.24. The molecule has 2 amide bonds. The maximum Gasteiger partial charge on any atom is 0.251 e. The van der Waals surface area contributed by atoms with Gasteiger partial charge in [-0.3, -0.25) is 9.59 Å². The number of amides is 2. The minimum absolute atomic E-state index is 0.0268. The molecule has 1 fully saturated rings. The van der Waals surface area contributed by atoms with Crippen molar-refractivity contribution < 1.29 is 9.59 Å². The van der Waals surface area contributed by atoms with E-state index in [4.69, 9.17) is 0 Å². The first kappa shape index (κ1) is 29.3. The highest BCUT2D eigenvalue weighted by atomic mass is 16.2. The van der Waals surface area contributed by atoms with Crippen LogP contribution >= 0.6 is 0 Å². The van der Waals surface area contributed by atoms with E-state index in [0.717, 1.165) is 23.6 Å². The Balaban J connectivity index is 1.19. The molecule has 0 saturated carbocycles. The summed E-state index contributed by atoms with van der Waals surface area (Å²) in [6.45, 7) is 1.68. The van der Waals surface area contributed by atoms with Crippen LogP contribution in [0.2, 0.25) is 0 Å². The number of benzene rings is 5. The Hall–Kier alpha value is -4.74. The van der Waals surface area contributed by atoms with Crippen LogP contribution in [0.25, 0.3) is 10.8 Å². The summed E-state index contributed by atoms with van der Waals surface area (Å²) in [7, 11) is 0. The second-order valence-corrected chi connectivity index (χ2v) is 11.7. The molecule has 2 N–H and O–H groups in total. The van der Waals surface area contributed by atoms with Crippen molar-refractivity contribution in [3.8, 4) is 0 Å². The maximum atomic E-state index is 14.2. The van der Waals surface area contributed by atoms with Crippen molar-refractivity contribution in [2.75, 3.05) is 19.6 Å². The molecular weight excluding hydrogens is 542 g/mol. The SMILES string of the molecule is O=C(NCC1CCN(CC(c2ccccc2)c2ccccc2)C(=O)C(CCc2ccccc2)N1)c1ccc2ccccc2c1. The minimum atomic E-state index is -0.340. The van der Waals surface area contributed by atoms with E-state index in [0.29, 0.717) is 31.6 Å². The fourth-order valence-electron chi connectivity index (χ4n) is 6.23. The van der Waals surface area contributed by atoms with Crippen LogP contribution in [0.5, 0.6) is 0 Å². The predicted molar refractivity (Wildman–Crippen MR) is 178 cm³/mol. The van der Waals surface area contributed by atoms with Crippen molar-refractivity contribution >= 4 is 22.6 Å². The minimum Gasteiger partial charge on any atom is -0.350 e. The van der Waals surface area contributed by atoms with Gasteiger partial charge in [0.25, 0.3) is 5.91 Å². The summed E-state index contributed by atoms with van der Waals surface area (Å²) in [6.07, 6.45) is 2.24.